The molecule has 0 saturated carbocycles. The van der Waals surface area contributed by atoms with Crippen LogP contribution in [-0.2, 0) is 27.7 Å². The number of aliphatic carboxylic acids is 1. The molecule has 0 fully saturated rings. The molecule has 1 heterocycles. The third-order valence-corrected chi connectivity index (χ3v) is 6.15. The average molecular weight is 375 g/mol. The van der Waals surface area contributed by atoms with E-state index in [4.69, 9.17) is 9.84 Å². The number of hydrogen-bond acceptors (Lipinski definition) is 4. The number of nitrogens with zero attached hydrogens (tertiary/aromatic N) is 1. The van der Waals surface area contributed by atoms with Crippen molar-refractivity contribution in [1.82, 2.24) is 4.31 Å². The van der Waals surface area contributed by atoms with Gasteiger partial charge in [0.05, 0.1) is 4.90 Å². The summed E-state index contributed by atoms with van der Waals surface area (Å²) in [5.74, 6) is -0.495. The molecule has 0 bridgehead atoms. The van der Waals surface area contributed by atoms with Crippen molar-refractivity contribution in [1.29, 1.82) is 0 Å². The molecule has 7 heteroatoms. The molecule has 0 radical (unpaired) electrons. The predicted molar refractivity (Wildman–Crippen MR) is 96.8 cm³/mol. The summed E-state index contributed by atoms with van der Waals surface area (Å²) in [6.07, 6.45) is 1.09. The normalized spacial score (nSPS) is 16.3. The van der Waals surface area contributed by atoms with Gasteiger partial charge in [-0.25, -0.2) is 8.42 Å². The second-order valence-electron chi connectivity index (χ2n) is 6.37. The monoisotopic (exact) mass is 375 g/mol. The molecule has 0 aromatic heterocycles. The molecule has 1 unspecified atom stereocenters. The quantitative estimate of drug-likeness (QED) is 0.803. The van der Waals surface area contributed by atoms with Crippen LogP contribution < -0.4 is 4.74 Å². The van der Waals surface area contributed by atoms with E-state index in [-0.39, 0.29) is 17.5 Å². The molecule has 0 aliphatic carbocycles. The molecule has 0 saturated heterocycles. The number of sulfonamides is 1. The molecular weight excluding hydrogens is 354 g/mol. The first-order chi connectivity index (χ1) is 12.4. The number of fused-ring (bicyclic) bond motifs is 1. The van der Waals surface area contributed by atoms with Crippen LogP contribution in [0.5, 0.6) is 5.75 Å². The van der Waals surface area contributed by atoms with Gasteiger partial charge < -0.3 is 9.84 Å². The molecule has 1 atom stereocenters. The van der Waals surface area contributed by atoms with Crippen LogP contribution in [0.2, 0.25) is 0 Å². The molecule has 0 spiro atoms. The number of hydrogen-bond donors (Lipinski definition) is 1. The first-order valence-corrected chi connectivity index (χ1v) is 9.86. The van der Waals surface area contributed by atoms with Gasteiger partial charge in [0.2, 0.25) is 10.0 Å². The van der Waals surface area contributed by atoms with E-state index in [2.05, 4.69) is 0 Å². The summed E-state index contributed by atoms with van der Waals surface area (Å²) in [4.78, 5) is 11.3. The van der Waals surface area contributed by atoms with Gasteiger partial charge in [-0.3, -0.25) is 4.79 Å². The lowest BCUT2D eigenvalue weighted by Gasteiger charge is -2.20. The third-order valence-electron chi connectivity index (χ3n) is 4.31. The lowest BCUT2D eigenvalue weighted by molar-refractivity contribution is -0.137. The van der Waals surface area contributed by atoms with E-state index in [1.165, 1.54) is 6.07 Å². The molecular formula is C19H21NO5S. The van der Waals surface area contributed by atoms with E-state index >= 15 is 0 Å². The average Bonchev–Trinajstić information content (AvgIpc) is 2.98. The molecule has 138 valence electrons. The summed E-state index contributed by atoms with van der Waals surface area (Å²) < 4.78 is 32.6. The van der Waals surface area contributed by atoms with E-state index in [1.807, 2.05) is 37.3 Å². The highest BCUT2D eigenvalue weighted by Crippen LogP contribution is 2.31. The lowest BCUT2D eigenvalue weighted by atomic mass is 10.1. The number of benzene rings is 2. The van der Waals surface area contributed by atoms with Gasteiger partial charge in [0.15, 0.2) is 0 Å². The van der Waals surface area contributed by atoms with Crippen molar-refractivity contribution in [2.75, 3.05) is 13.1 Å². The molecule has 2 aromatic carbocycles. The summed E-state index contributed by atoms with van der Waals surface area (Å²) in [5.41, 5.74) is 1.78. The van der Waals surface area contributed by atoms with Gasteiger partial charge in [-0.2, -0.15) is 4.31 Å². The Kier molecular flexibility index (Phi) is 5.29. The smallest absolute Gasteiger partial charge is 0.318 e. The van der Waals surface area contributed by atoms with Gasteiger partial charge in [-0.1, -0.05) is 30.3 Å². The minimum absolute atomic E-state index is 0.0103. The van der Waals surface area contributed by atoms with E-state index in [1.54, 1.807) is 12.1 Å². The Morgan fingerprint density at radius 2 is 1.96 bits per heavy atom. The van der Waals surface area contributed by atoms with Crippen LogP contribution in [-0.4, -0.2) is 43.0 Å². The van der Waals surface area contributed by atoms with Crippen LogP contribution in [0.4, 0.5) is 0 Å². The van der Waals surface area contributed by atoms with Crippen molar-refractivity contribution >= 4 is 16.0 Å². The number of rotatable bonds is 7. The van der Waals surface area contributed by atoms with Gasteiger partial charge in [0, 0.05) is 13.0 Å². The van der Waals surface area contributed by atoms with Crippen LogP contribution in [0, 0.1) is 0 Å². The highest BCUT2D eigenvalue weighted by molar-refractivity contribution is 7.89. The Bertz CT molecular complexity index is 895. The van der Waals surface area contributed by atoms with E-state index in [0.717, 1.165) is 15.4 Å². The Labute approximate surface area is 153 Å². The topological polar surface area (TPSA) is 83.9 Å². The first kappa shape index (κ1) is 18.4. The Balaban J connectivity index is 1.85. The van der Waals surface area contributed by atoms with Gasteiger partial charge >= 0.3 is 5.97 Å². The summed E-state index contributed by atoms with van der Waals surface area (Å²) in [7, 11) is -3.91. The first-order valence-electron chi connectivity index (χ1n) is 8.42. The third kappa shape index (κ3) is 4.05. The number of carboxylic acids is 1. The Morgan fingerprint density at radius 3 is 2.65 bits per heavy atom. The predicted octanol–water partition coefficient (Wildman–Crippen LogP) is 2.33. The fourth-order valence-corrected chi connectivity index (χ4v) is 4.48. The standard InChI is InChI=1S/C19H21NO5S/c1-14-11-16-12-17(7-8-18(16)25-14)26(23,24)20(13-19(21)22)10-9-15-5-3-2-4-6-15/h2-8,12,14H,9-11,13H2,1H3,(H,21,22). The highest BCUT2D eigenvalue weighted by Gasteiger charge is 2.29. The molecule has 3 rings (SSSR count). The molecule has 1 N–H and O–H groups in total. The van der Waals surface area contributed by atoms with Gasteiger partial charge in [-0.15, -0.1) is 0 Å². The van der Waals surface area contributed by atoms with E-state index < -0.39 is 22.5 Å². The van der Waals surface area contributed by atoms with E-state index in [0.29, 0.717) is 18.6 Å². The minimum atomic E-state index is -3.91. The fraction of sp³-hybridized carbons (Fsp3) is 0.316. The van der Waals surface area contributed by atoms with Crippen LogP contribution in [0.1, 0.15) is 18.1 Å². The van der Waals surface area contributed by atoms with Crippen LogP contribution in [0.3, 0.4) is 0 Å². The molecule has 1 aliphatic rings. The zero-order valence-electron chi connectivity index (χ0n) is 14.5. The van der Waals surface area contributed by atoms with Crippen molar-refractivity contribution in [3.05, 3.63) is 59.7 Å². The van der Waals surface area contributed by atoms with Crippen LogP contribution in [0.25, 0.3) is 0 Å². The van der Waals surface area contributed by atoms with Crippen molar-refractivity contribution in [2.45, 2.75) is 30.8 Å². The Hall–Kier alpha value is -2.38. The second kappa shape index (κ2) is 7.47. The maximum Gasteiger partial charge on any atom is 0.318 e. The summed E-state index contributed by atoms with van der Waals surface area (Å²) in [5, 5.41) is 9.15. The summed E-state index contributed by atoms with van der Waals surface area (Å²) in [6, 6.07) is 14.1. The zero-order valence-corrected chi connectivity index (χ0v) is 15.3. The van der Waals surface area contributed by atoms with Crippen LogP contribution in [0.15, 0.2) is 53.4 Å². The number of carbonyl (C=O) groups is 1. The summed E-state index contributed by atoms with van der Waals surface area (Å²) in [6.45, 7) is 1.45. The highest BCUT2D eigenvalue weighted by atomic mass is 32.2. The minimum Gasteiger partial charge on any atom is -0.490 e. The largest absolute Gasteiger partial charge is 0.490 e. The number of ether oxygens (including phenoxy) is 1. The van der Waals surface area contributed by atoms with E-state index in [9.17, 15) is 13.2 Å². The SMILES string of the molecule is CC1Cc2cc(S(=O)(=O)N(CCc3ccccc3)CC(=O)O)ccc2O1. The molecule has 6 nitrogen and oxygen atoms in total. The molecule has 2 aromatic rings. The Morgan fingerprint density at radius 1 is 1.23 bits per heavy atom. The zero-order chi connectivity index (χ0) is 18.7. The molecule has 0 amide bonds. The maximum absolute atomic E-state index is 13.0. The summed E-state index contributed by atoms with van der Waals surface area (Å²) >= 11 is 0. The van der Waals surface area contributed by atoms with Crippen molar-refractivity contribution in [3.8, 4) is 5.75 Å². The fourth-order valence-electron chi connectivity index (χ4n) is 3.04. The number of carboxylic acid groups (broad SMARTS) is 1. The van der Waals surface area contributed by atoms with Crippen molar-refractivity contribution in [2.24, 2.45) is 0 Å². The van der Waals surface area contributed by atoms with Gasteiger partial charge in [0.25, 0.3) is 0 Å². The molecule has 1 aliphatic heterocycles. The van der Waals surface area contributed by atoms with Gasteiger partial charge in [-0.05, 0) is 42.7 Å². The molecule has 26 heavy (non-hydrogen) atoms. The second-order valence-corrected chi connectivity index (χ2v) is 8.31. The maximum atomic E-state index is 13.0. The van der Waals surface area contributed by atoms with Crippen molar-refractivity contribution in [3.63, 3.8) is 0 Å². The van der Waals surface area contributed by atoms with Crippen LogP contribution >= 0.6 is 0 Å². The van der Waals surface area contributed by atoms with Crippen molar-refractivity contribution < 1.29 is 23.1 Å². The lowest BCUT2D eigenvalue weighted by Crippen LogP contribution is -2.37. The van der Waals surface area contributed by atoms with Gasteiger partial charge in [0.1, 0.15) is 18.4 Å².